The number of nitrogens with two attached hydrogens (primary N) is 1. The van der Waals surface area contributed by atoms with Gasteiger partial charge < -0.3 is 30.7 Å². The van der Waals surface area contributed by atoms with Gasteiger partial charge in [-0.3, -0.25) is 14.4 Å². The second-order valence-corrected chi connectivity index (χ2v) is 12.1. The number of anilines is 2. The first kappa shape index (κ1) is 33.9. The van der Waals surface area contributed by atoms with E-state index in [-0.39, 0.29) is 56.9 Å². The first-order valence-electron chi connectivity index (χ1n) is 15.3. The molecule has 0 radical (unpaired) electrons. The maximum absolute atomic E-state index is 14.0. The van der Waals surface area contributed by atoms with E-state index in [1.54, 1.807) is 9.80 Å². The van der Waals surface area contributed by atoms with Crippen molar-refractivity contribution in [1.82, 2.24) is 39.4 Å². The Hall–Kier alpha value is -5.03. The third-order valence-corrected chi connectivity index (χ3v) is 8.91. The first-order chi connectivity index (χ1) is 23.3. The Balaban J connectivity index is 1.15. The van der Waals surface area contributed by atoms with E-state index in [0.29, 0.717) is 26.2 Å². The molecule has 258 valence electrons. The smallest absolute Gasteiger partial charge is 0.396 e. The molecule has 3 aromatic heterocycles. The number of carbonyl (C=O) groups is 3. The highest BCUT2D eigenvalue weighted by Gasteiger charge is 2.39. The third-order valence-electron chi connectivity index (χ3n) is 8.60. The summed E-state index contributed by atoms with van der Waals surface area (Å²) in [6, 6.07) is 5.17. The van der Waals surface area contributed by atoms with Crippen LogP contribution in [0, 0.1) is 11.9 Å². The molecule has 4 aromatic rings. The molecule has 0 spiro atoms. The van der Waals surface area contributed by atoms with E-state index in [9.17, 15) is 31.9 Å². The number of aromatic nitrogens is 5. The fraction of sp³-hybridized carbons (Fsp3) is 0.355. The summed E-state index contributed by atoms with van der Waals surface area (Å²) in [5.41, 5.74) is 4.12. The number of amides is 3. The lowest BCUT2D eigenvalue weighted by molar-refractivity contribution is -0.141. The van der Waals surface area contributed by atoms with Crippen LogP contribution in [0.3, 0.4) is 0 Å². The number of halogens is 5. The quantitative estimate of drug-likeness (QED) is 0.203. The number of benzene rings is 1. The number of pyridine rings is 1. The minimum Gasteiger partial charge on any atom is -0.396 e. The largest absolute Gasteiger partial charge is 0.435 e. The van der Waals surface area contributed by atoms with Gasteiger partial charge in [-0.05, 0) is 44.1 Å². The summed E-state index contributed by atoms with van der Waals surface area (Å²) >= 11 is 6.46. The molecule has 0 saturated carbocycles. The van der Waals surface area contributed by atoms with Crippen molar-refractivity contribution in [2.75, 3.05) is 50.3 Å². The van der Waals surface area contributed by atoms with Crippen molar-refractivity contribution in [3.05, 3.63) is 70.9 Å². The Labute approximate surface area is 282 Å². The number of piperazine rings is 1. The molecule has 2 aliphatic heterocycles. The van der Waals surface area contributed by atoms with Crippen LogP contribution >= 0.6 is 11.6 Å². The highest BCUT2D eigenvalue weighted by atomic mass is 35.5. The standard InChI is InChI=1S/C31H31ClF4N10O3/c1-43-24(20-16-46(42-26(20)31(34,35)36)23-13-25(33)39-14-22(23)37)15-40-27(43)28(47)41-18-2-3-19(21(32)12-18)30(49)45-10-8-44(9-11-45)29(48)17-4-6-38-7-5-17/h2-3,12-17,38H,4-11,37H2,1H3,(H,41,47). The molecule has 0 aliphatic carbocycles. The Bertz CT molecular complexity index is 1910. The molecule has 6 rings (SSSR count). The lowest BCUT2D eigenvalue weighted by atomic mass is 9.96. The molecule has 3 amide bonds. The normalized spacial score (nSPS) is 15.8. The van der Waals surface area contributed by atoms with Crippen molar-refractivity contribution < 1.29 is 31.9 Å². The summed E-state index contributed by atoms with van der Waals surface area (Å²) in [6.45, 7) is 3.19. The van der Waals surface area contributed by atoms with Gasteiger partial charge >= 0.3 is 6.18 Å². The molecule has 2 aliphatic rings. The molecule has 0 bridgehead atoms. The second kappa shape index (κ2) is 13.5. The molecular formula is C31H31ClF4N10O3. The van der Waals surface area contributed by atoms with E-state index in [0.717, 1.165) is 59.8 Å². The van der Waals surface area contributed by atoms with Gasteiger partial charge in [0.15, 0.2) is 11.5 Å². The van der Waals surface area contributed by atoms with Crippen LogP contribution < -0.4 is 16.4 Å². The molecule has 49 heavy (non-hydrogen) atoms. The van der Waals surface area contributed by atoms with Gasteiger partial charge in [0.25, 0.3) is 11.8 Å². The van der Waals surface area contributed by atoms with Crippen molar-refractivity contribution in [1.29, 1.82) is 0 Å². The molecular weight excluding hydrogens is 672 g/mol. The zero-order chi connectivity index (χ0) is 35.0. The van der Waals surface area contributed by atoms with Crippen molar-refractivity contribution >= 4 is 40.7 Å². The van der Waals surface area contributed by atoms with Crippen LogP contribution in [0.15, 0.2) is 42.9 Å². The molecule has 5 heterocycles. The van der Waals surface area contributed by atoms with Gasteiger partial charge in [0.1, 0.15) is 0 Å². The van der Waals surface area contributed by atoms with Crippen LogP contribution in [0.2, 0.25) is 5.02 Å². The molecule has 0 atom stereocenters. The lowest BCUT2D eigenvalue weighted by Crippen LogP contribution is -2.52. The number of nitrogen functional groups attached to an aromatic ring is 1. The molecule has 18 heteroatoms. The first-order valence-corrected chi connectivity index (χ1v) is 15.7. The number of hydrogen-bond donors (Lipinski definition) is 3. The number of piperidine rings is 1. The monoisotopic (exact) mass is 702 g/mol. The number of nitrogens with zero attached hydrogens (tertiary/aromatic N) is 7. The molecule has 2 fully saturated rings. The van der Waals surface area contributed by atoms with Crippen molar-refractivity contribution in [3.8, 4) is 16.9 Å². The lowest BCUT2D eigenvalue weighted by Gasteiger charge is -2.37. The van der Waals surface area contributed by atoms with Gasteiger partial charge in [-0.1, -0.05) is 11.6 Å². The average Bonchev–Trinajstić information content (AvgIpc) is 3.70. The van der Waals surface area contributed by atoms with Crippen LogP contribution in [0.5, 0.6) is 0 Å². The van der Waals surface area contributed by atoms with Crippen molar-refractivity contribution in [3.63, 3.8) is 0 Å². The summed E-state index contributed by atoms with van der Waals surface area (Å²) in [6.07, 6.45) is -0.267. The zero-order valence-corrected chi connectivity index (χ0v) is 26.9. The van der Waals surface area contributed by atoms with E-state index in [1.807, 2.05) is 0 Å². The number of alkyl halides is 3. The van der Waals surface area contributed by atoms with Gasteiger partial charge in [0, 0.05) is 57.1 Å². The van der Waals surface area contributed by atoms with E-state index < -0.39 is 29.3 Å². The van der Waals surface area contributed by atoms with E-state index in [1.165, 1.54) is 25.2 Å². The average molecular weight is 703 g/mol. The Kier molecular flexibility index (Phi) is 9.30. The fourth-order valence-corrected chi connectivity index (χ4v) is 6.24. The fourth-order valence-electron chi connectivity index (χ4n) is 5.97. The predicted molar refractivity (Wildman–Crippen MR) is 170 cm³/mol. The summed E-state index contributed by atoms with van der Waals surface area (Å²) in [7, 11) is 1.35. The van der Waals surface area contributed by atoms with Crippen LogP contribution in [0.1, 0.15) is 39.5 Å². The maximum atomic E-state index is 14.0. The molecule has 4 N–H and O–H groups in total. The Morgan fingerprint density at radius 1 is 1.02 bits per heavy atom. The van der Waals surface area contributed by atoms with Gasteiger partial charge in [-0.15, -0.1) is 0 Å². The number of imidazole rings is 1. The maximum Gasteiger partial charge on any atom is 0.435 e. The number of rotatable bonds is 6. The third kappa shape index (κ3) is 6.94. The predicted octanol–water partition coefficient (Wildman–Crippen LogP) is 3.60. The van der Waals surface area contributed by atoms with Crippen LogP contribution in [0.4, 0.5) is 28.9 Å². The van der Waals surface area contributed by atoms with Crippen LogP contribution in [0.25, 0.3) is 16.9 Å². The second-order valence-electron chi connectivity index (χ2n) is 11.7. The summed E-state index contributed by atoms with van der Waals surface area (Å²) in [4.78, 5) is 50.2. The summed E-state index contributed by atoms with van der Waals surface area (Å²) in [5.74, 6) is -2.17. The van der Waals surface area contributed by atoms with Crippen molar-refractivity contribution in [2.45, 2.75) is 19.0 Å². The number of hydrogen-bond acceptors (Lipinski definition) is 8. The highest BCUT2D eigenvalue weighted by Crippen LogP contribution is 2.37. The van der Waals surface area contributed by atoms with Crippen molar-refractivity contribution in [2.24, 2.45) is 13.0 Å². The SMILES string of the molecule is Cn1c(-c2cn(-c3cc(F)ncc3N)nc2C(F)(F)F)cnc1C(=O)Nc1ccc(C(=O)N2CCN(C(=O)C3CCNCC3)CC2)c(Cl)c1. The molecule has 13 nitrogen and oxygen atoms in total. The minimum atomic E-state index is -4.92. The number of nitrogens with one attached hydrogen (secondary N) is 2. The van der Waals surface area contributed by atoms with Gasteiger partial charge in [-0.2, -0.15) is 22.7 Å². The Morgan fingerprint density at radius 3 is 2.39 bits per heavy atom. The summed E-state index contributed by atoms with van der Waals surface area (Å²) in [5, 5.41) is 9.53. The van der Waals surface area contributed by atoms with Gasteiger partial charge in [0.2, 0.25) is 11.9 Å². The zero-order valence-electron chi connectivity index (χ0n) is 26.1. The summed E-state index contributed by atoms with van der Waals surface area (Å²) < 4.78 is 57.8. The number of carbonyl (C=O) groups excluding carboxylic acids is 3. The van der Waals surface area contributed by atoms with Crippen LogP contribution in [-0.2, 0) is 18.0 Å². The van der Waals surface area contributed by atoms with E-state index in [4.69, 9.17) is 17.3 Å². The van der Waals surface area contributed by atoms with E-state index >= 15 is 0 Å². The van der Waals surface area contributed by atoms with Gasteiger partial charge in [-0.25, -0.2) is 14.6 Å². The molecule has 1 aromatic carbocycles. The molecule has 2 saturated heterocycles. The minimum absolute atomic E-state index is 0.000910. The Morgan fingerprint density at radius 2 is 1.71 bits per heavy atom. The van der Waals surface area contributed by atoms with Gasteiger partial charge in [0.05, 0.1) is 45.6 Å². The van der Waals surface area contributed by atoms with Crippen LogP contribution in [-0.4, -0.2) is 91.1 Å². The molecule has 0 unspecified atom stereocenters. The van der Waals surface area contributed by atoms with E-state index in [2.05, 4.69) is 25.7 Å². The highest BCUT2D eigenvalue weighted by molar-refractivity contribution is 6.34. The topological polar surface area (TPSA) is 156 Å².